The lowest BCUT2D eigenvalue weighted by Crippen LogP contribution is -2.59. The van der Waals surface area contributed by atoms with E-state index in [4.69, 9.17) is 14.2 Å². The van der Waals surface area contributed by atoms with Gasteiger partial charge in [-0.2, -0.15) is 0 Å². The molecule has 0 bridgehead atoms. The third-order valence-corrected chi connectivity index (χ3v) is 5.52. The fraction of sp³-hybridized carbons (Fsp3) is 0.381. The second kappa shape index (κ2) is 8.11. The first-order valence-corrected chi connectivity index (χ1v) is 9.72. The summed E-state index contributed by atoms with van der Waals surface area (Å²) in [6, 6.07) is 5.72. The predicted molar refractivity (Wildman–Crippen MR) is 104 cm³/mol. The zero-order valence-corrected chi connectivity index (χ0v) is 16.7. The van der Waals surface area contributed by atoms with Crippen LogP contribution in [-0.4, -0.2) is 78.3 Å². The highest BCUT2D eigenvalue weighted by molar-refractivity contribution is 6.05. The normalized spacial score (nSPS) is 32.2. The largest absolute Gasteiger partial charge is 0.508 e. The molecule has 1 saturated heterocycles. The van der Waals surface area contributed by atoms with E-state index in [9.17, 15) is 40.5 Å². The number of aliphatic hydroxyl groups excluding tert-OH is 3. The van der Waals surface area contributed by atoms with E-state index < -0.39 is 65.9 Å². The molecule has 32 heavy (non-hydrogen) atoms. The number of ketones is 1. The molecular weight excluding hydrogens is 428 g/mol. The summed E-state index contributed by atoms with van der Waals surface area (Å²) in [6.45, 7) is 1.44. The highest BCUT2D eigenvalue weighted by atomic mass is 16.7. The van der Waals surface area contributed by atoms with Gasteiger partial charge >= 0.3 is 0 Å². The standard InChI is InChI=1S/C21H22O11/c1-7-15(26)17(28)18(29)21(30-7)32-20-16(27)14-12(25)5-9(22)6-13(14)31-19(20)8-2-3-10(23)11(24)4-8/h2-7,15,17-26,28-29H,1H3/t7-,15-,17+,18+,19+,20+,21-/m0/s1. The van der Waals surface area contributed by atoms with E-state index in [0.717, 1.165) is 18.2 Å². The number of ether oxygens (including phenoxy) is 3. The molecule has 0 aliphatic carbocycles. The number of benzene rings is 2. The molecule has 2 aromatic rings. The summed E-state index contributed by atoms with van der Waals surface area (Å²) >= 11 is 0. The van der Waals surface area contributed by atoms with Gasteiger partial charge in [0, 0.05) is 12.1 Å². The van der Waals surface area contributed by atoms with Gasteiger partial charge in [0.05, 0.1) is 6.10 Å². The molecule has 1 fully saturated rings. The zero-order chi connectivity index (χ0) is 23.3. The quantitative estimate of drug-likeness (QED) is 0.313. The molecule has 7 N–H and O–H groups in total. The van der Waals surface area contributed by atoms with E-state index in [2.05, 4.69) is 0 Å². The van der Waals surface area contributed by atoms with Crippen LogP contribution < -0.4 is 4.74 Å². The van der Waals surface area contributed by atoms with Crippen LogP contribution in [0.3, 0.4) is 0 Å². The summed E-state index contributed by atoms with van der Waals surface area (Å²) in [6.07, 6.45) is -10.0. The van der Waals surface area contributed by atoms with Crippen molar-refractivity contribution in [3.8, 4) is 28.7 Å². The van der Waals surface area contributed by atoms with Crippen molar-refractivity contribution in [2.45, 2.75) is 49.8 Å². The average Bonchev–Trinajstić information content (AvgIpc) is 2.73. The first-order valence-electron chi connectivity index (χ1n) is 9.72. The summed E-state index contributed by atoms with van der Waals surface area (Å²) in [4.78, 5) is 13.3. The molecule has 0 aromatic heterocycles. The number of carbonyl (C=O) groups is 1. The van der Waals surface area contributed by atoms with E-state index >= 15 is 0 Å². The van der Waals surface area contributed by atoms with Crippen molar-refractivity contribution in [1.29, 1.82) is 0 Å². The lowest BCUT2D eigenvalue weighted by molar-refractivity contribution is -0.304. The molecule has 2 heterocycles. The van der Waals surface area contributed by atoms with Crippen LogP contribution in [0.4, 0.5) is 0 Å². The van der Waals surface area contributed by atoms with Crippen LogP contribution in [0.1, 0.15) is 28.9 Å². The molecule has 0 amide bonds. The Kier molecular flexibility index (Phi) is 5.61. The van der Waals surface area contributed by atoms with E-state index in [1.807, 2.05) is 0 Å². The predicted octanol–water partition coefficient (Wildman–Crippen LogP) is 0.0381. The minimum Gasteiger partial charge on any atom is -0.508 e. The van der Waals surface area contributed by atoms with Crippen molar-refractivity contribution < 1.29 is 54.8 Å². The minimum absolute atomic E-state index is 0.154. The number of aromatic hydroxyl groups is 4. The van der Waals surface area contributed by atoms with Gasteiger partial charge in [-0.05, 0) is 24.6 Å². The molecule has 2 aliphatic rings. The number of carbonyl (C=O) groups excluding carboxylic acids is 1. The van der Waals surface area contributed by atoms with Crippen LogP contribution in [0.15, 0.2) is 30.3 Å². The molecule has 2 aromatic carbocycles. The number of hydrogen-bond acceptors (Lipinski definition) is 11. The summed E-state index contributed by atoms with van der Waals surface area (Å²) in [7, 11) is 0. The monoisotopic (exact) mass is 450 g/mol. The molecule has 11 heteroatoms. The molecule has 0 radical (unpaired) electrons. The van der Waals surface area contributed by atoms with Gasteiger partial charge in [0.15, 0.2) is 30.0 Å². The second-order valence-corrected chi connectivity index (χ2v) is 7.73. The molecule has 0 spiro atoms. The number of aliphatic hydroxyl groups is 3. The molecule has 0 saturated carbocycles. The van der Waals surface area contributed by atoms with Crippen LogP contribution >= 0.6 is 0 Å². The Balaban J connectivity index is 1.75. The number of phenolic OH excluding ortho intramolecular Hbond substituents is 4. The van der Waals surface area contributed by atoms with Crippen molar-refractivity contribution in [1.82, 2.24) is 0 Å². The van der Waals surface area contributed by atoms with Gasteiger partial charge in [0.1, 0.15) is 41.1 Å². The van der Waals surface area contributed by atoms with Gasteiger partial charge in [-0.25, -0.2) is 0 Å². The zero-order valence-electron chi connectivity index (χ0n) is 16.7. The Morgan fingerprint density at radius 1 is 0.875 bits per heavy atom. The van der Waals surface area contributed by atoms with Gasteiger partial charge < -0.3 is 50.0 Å². The van der Waals surface area contributed by atoms with E-state index in [1.54, 1.807) is 0 Å². The molecule has 0 unspecified atom stereocenters. The summed E-state index contributed by atoms with van der Waals surface area (Å²) < 4.78 is 16.9. The minimum atomic E-state index is -1.71. The van der Waals surface area contributed by atoms with E-state index in [-0.39, 0.29) is 22.6 Å². The van der Waals surface area contributed by atoms with Crippen molar-refractivity contribution in [3.63, 3.8) is 0 Å². The first-order chi connectivity index (χ1) is 15.1. The Bertz CT molecular complexity index is 1040. The molecule has 4 rings (SSSR count). The van der Waals surface area contributed by atoms with Gasteiger partial charge in [0.2, 0.25) is 5.78 Å². The average molecular weight is 450 g/mol. The highest BCUT2D eigenvalue weighted by Crippen LogP contribution is 2.44. The van der Waals surface area contributed by atoms with Crippen molar-refractivity contribution in [2.75, 3.05) is 0 Å². The van der Waals surface area contributed by atoms with Crippen molar-refractivity contribution in [3.05, 3.63) is 41.5 Å². The molecule has 11 nitrogen and oxygen atoms in total. The summed E-state index contributed by atoms with van der Waals surface area (Å²) in [5.74, 6) is -2.79. The maximum atomic E-state index is 13.3. The highest BCUT2D eigenvalue weighted by Gasteiger charge is 2.48. The van der Waals surface area contributed by atoms with Crippen LogP contribution in [0.2, 0.25) is 0 Å². The SMILES string of the molecule is C[C@@H]1O[C@@H](O[C@@H]2C(=O)c3c(O)cc(O)cc3O[C@@H]2c2ccc(O)c(O)c2)[C@H](O)[C@H](O)[C@H]1O. The second-order valence-electron chi connectivity index (χ2n) is 7.73. The van der Waals surface area contributed by atoms with Gasteiger partial charge in [-0.3, -0.25) is 4.79 Å². The Labute approximate surface area is 181 Å². The van der Waals surface area contributed by atoms with E-state index in [1.165, 1.54) is 19.1 Å². The van der Waals surface area contributed by atoms with Crippen LogP contribution in [0.25, 0.3) is 0 Å². The van der Waals surface area contributed by atoms with E-state index in [0.29, 0.717) is 0 Å². The molecule has 172 valence electrons. The van der Waals surface area contributed by atoms with Crippen molar-refractivity contribution >= 4 is 5.78 Å². The Morgan fingerprint density at radius 3 is 2.28 bits per heavy atom. The third kappa shape index (κ3) is 3.70. The fourth-order valence-electron chi connectivity index (χ4n) is 3.77. The maximum Gasteiger partial charge on any atom is 0.203 e. The summed E-state index contributed by atoms with van der Waals surface area (Å²) in [5, 5.41) is 69.7. The van der Waals surface area contributed by atoms with Gasteiger partial charge in [-0.1, -0.05) is 6.07 Å². The third-order valence-electron chi connectivity index (χ3n) is 5.52. The number of Topliss-reactive ketones (excluding diaryl/α,β-unsaturated/α-hetero) is 1. The number of phenols is 4. The number of hydrogen-bond donors (Lipinski definition) is 7. The van der Waals surface area contributed by atoms with Crippen LogP contribution in [0, 0.1) is 0 Å². The molecular formula is C21H22O11. The number of rotatable bonds is 3. The lowest BCUT2D eigenvalue weighted by atomic mass is 9.92. The van der Waals surface area contributed by atoms with Gasteiger partial charge in [0.25, 0.3) is 0 Å². The lowest BCUT2D eigenvalue weighted by Gasteiger charge is -2.42. The Morgan fingerprint density at radius 2 is 1.59 bits per heavy atom. The van der Waals surface area contributed by atoms with Crippen molar-refractivity contribution in [2.24, 2.45) is 0 Å². The summed E-state index contributed by atoms with van der Waals surface area (Å²) in [5.41, 5.74) is -0.1000. The van der Waals surface area contributed by atoms with Crippen LogP contribution in [0.5, 0.6) is 28.7 Å². The van der Waals surface area contributed by atoms with Gasteiger partial charge in [-0.15, -0.1) is 0 Å². The molecule has 2 aliphatic heterocycles. The maximum absolute atomic E-state index is 13.3. The Hall–Kier alpha value is -3.09. The number of fused-ring (bicyclic) bond motifs is 1. The smallest absolute Gasteiger partial charge is 0.203 e. The first kappa shape index (κ1) is 22.1. The fourth-order valence-corrected chi connectivity index (χ4v) is 3.77. The molecule has 7 atom stereocenters. The van der Waals surface area contributed by atoms with Crippen LogP contribution in [-0.2, 0) is 9.47 Å². The topological polar surface area (TPSA) is 186 Å².